The molecule has 32 heavy (non-hydrogen) atoms. The standard InChI is InChI=1S/C23H26F2N6O/c1-15(32)30-7-3-16(4-8-30)18-10-21(28-20-12-19-17(13-27-20)2-6-26-19)29-22(11-18)31-9-5-23(24,25)14-31/h2,6,10-13,16,26H,3-5,7-9,14H2,1H3,(H,27,28,29). The Kier molecular flexibility index (Phi) is 5.19. The van der Waals surface area contributed by atoms with Gasteiger partial charge < -0.3 is 20.1 Å². The number of nitrogens with zero attached hydrogens (tertiary/aromatic N) is 4. The summed E-state index contributed by atoms with van der Waals surface area (Å²) in [5, 5.41) is 4.26. The molecule has 2 aliphatic heterocycles. The maximum Gasteiger partial charge on any atom is 0.266 e. The fourth-order valence-electron chi connectivity index (χ4n) is 4.60. The van der Waals surface area contributed by atoms with Crippen LogP contribution < -0.4 is 10.2 Å². The first-order valence-electron chi connectivity index (χ1n) is 11.0. The van der Waals surface area contributed by atoms with Crippen LogP contribution in [0.4, 0.5) is 26.2 Å². The number of halogens is 2. The highest BCUT2D eigenvalue weighted by molar-refractivity contribution is 5.81. The van der Waals surface area contributed by atoms with Gasteiger partial charge in [-0.05, 0) is 42.5 Å². The second-order valence-corrected chi connectivity index (χ2v) is 8.71. The maximum absolute atomic E-state index is 13.9. The molecule has 2 aliphatic rings. The van der Waals surface area contributed by atoms with Gasteiger partial charge in [0.1, 0.15) is 17.5 Å². The van der Waals surface area contributed by atoms with Gasteiger partial charge in [0.2, 0.25) is 5.91 Å². The molecule has 0 unspecified atom stereocenters. The van der Waals surface area contributed by atoms with E-state index in [1.54, 1.807) is 18.0 Å². The maximum atomic E-state index is 13.9. The van der Waals surface area contributed by atoms with E-state index >= 15 is 0 Å². The van der Waals surface area contributed by atoms with Crippen LogP contribution in [0.3, 0.4) is 0 Å². The van der Waals surface area contributed by atoms with Gasteiger partial charge >= 0.3 is 0 Å². The largest absolute Gasteiger partial charge is 0.361 e. The molecule has 5 rings (SSSR count). The number of hydrogen-bond donors (Lipinski definition) is 2. The van der Waals surface area contributed by atoms with E-state index in [0.29, 0.717) is 30.5 Å². The minimum absolute atomic E-state index is 0.0892. The summed E-state index contributed by atoms with van der Waals surface area (Å²) >= 11 is 0. The Hall–Kier alpha value is -3.23. The molecule has 2 N–H and O–H groups in total. The Bertz CT molecular complexity index is 1140. The van der Waals surface area contributed by atoms with E-state index in [0.717, 1.165) is 29.3 Å². The zero-order valence-electron chi connectivity index (χ0n) is 17.9. The Morgan fingerprint density at radius 1 is 1.19 bits per heavy atom. The number of hydrogen-bond acceptors (Lipinski definition) is 5. The number of aromatic nitrogens is 3. The van der Waals surface area contributed by atoms with Crippen molar-refractivity contribution in [1.29, 1.82) is 0 Å². The van der Waals surface area contributed by atoms with Gasteiger partial charge in [0.25, 0.3) is 5.92 Å². The van der Waals surface area contributed by atoms with E-state index in [1.165, 1.54) is 0 Å². The molecule has 168 valence electrons. The highest BCUT2D eigenvalue weighted by Gasteiger charge is 2.39. The number of H-pyrrole nitrogens is 1. The summed E-state index contributed by atoms with van der Waals surface area (Å²) < 4.78 is 27.8. The van der Waals surface area contributed by atoms with Crippen LogP contribution in [-0.2, 0) is 4.79 Å². The SMILES string of the molecule is CC(=O)N1CCC(c2cc(Nc3cc4[nH]ccc4cn3)nc(N3CCC(F)(F)C3)c2)CC1. The van der Waals surface area contributed by atoms with Crippen LogP contribution in [0.5, 0.6) is 0 Å². The van der Waals surface area contributed by atoms with Gasteiger partial charge in [-0.2, -0.15) is 0 Å². The van der Waals surface area contributed by atoms with Crippen LogP contribution in [0.25, 0.3) is 10.9 Å². The normalized spacial score (nSPS) is 19.0. The second-order valence-electron chi connectivity index (χ2n) is 8.71. The van der Waals surface area contributed by atoms with Crippen molar-refractivity contribution in [3.8, 4) is 0 Å². The summed E-state index contributed by atoms with van der Waals surface area (Å²) in [6.07, 6.45) is 5.14. The molecule has 0 aliphatic carbocycles. The molecule has 2 fully saturated rings. The van der Waals surface area contributed by atoms with Crippen molar-refractivity contribution in [2.45, 2.75) is 38.0 Å². The van der Waals surface area contributed by atoms with E-state index < -0.39 is 5.92 Å². The smallest absolute Gasteiger partial charge is 0.266 e. The first-order valence-corrected chi connectivity index (χ1v) is 11.0. The molecule has 0 bridgehead atoms. The van der Waals surface area contributed by atoms with E-state index in [9.17, 15) is 13.6 Å². The van der Waals surface area contributed by atoms with E-state index in [4.69, 9.17) is 0 Å². The highest BCUT2D eigenvalue weighted by atomic mass is 19.3. The van der Waals surface area contributed by atoms with Gasteiger partial charge in [0.05, 0.1) is 12.1 Å². The minimum Gasteiger partial charge on any atom is -0.361 e. The predicted octanol–water partition coefficient (Wildman–Crippen LogP) is 4.27. The summed E-state index contributed by atoms with van der Waals surface area (Å²) in [7, 11) is 0. The molecular formula is C23H26F2N6O. The molecule has 0 spiro atoms. The first-order chi connectivity index (χ1) is 15.4. The fourth-order valence-corrected chi connectivity index (χ4v) is 4.60. The molecule has 0 radical (unpaired) electrons. The third kappa shape index (κ3) is 4.24. The van der Waals surface area contributed by atoms with Crippen molar-refractivity contribution in [2.75, 3.05) is 36.4 Å². The summed E-state index contributed by atoms with van der Waals surface area (Å²) in [5.41, 5.74) is 2.01. The topological polar surface area (TPSA) is 77.1 Å². The number of alkyl halides is 2. The van der Waals surface area contributed by atoms with Crippen LogP contribution in [0, 0.1) is 0 Å². The van der Waals surface area contributed by atoms with Crippen molar-refractivity contribution in [3.63, 3.8) is 0 Å². The third-order valence-corrected chi connectivity index (χ3v) is 6.43. The molecule has 0 saturated carbocycles. The molecule has 9 heteroatoms. The number of likely N-dealkylation sites (tertiary alicyclic amines) is 1. The van der Waals surface area contributed by atoms with Crippen molar-refractivity contribution >= 4 is 34.3 Å². The quantitative estimate of drug-likeness (QED) is 0.634. The number of pyridine rings is 2. The number of carbonyl (C=O) groups excluding carboxylic acids is 1. The molecule has 0 aromatic carbocycles. The van der Waals surface area contributed by atoms with Gasteiger partial charge in [-0.15, -0.1) is 0 Å². The zero-order chi connectivity index (χ0) is 22.3. The number of nitrogens with one attached hydrogen (secondary N) is 2. The highest BCUT2D eigenvalue weighted by Crippen LogP contribution is 2.35. The Morgan fingerprint density at radius 2 is 2.00 bits per heavy atom. The molecule has 3 aromatic rings. The van der Waals surface area contributed by atoms with Gasteiger partial charge in [-0.3, -0.25) is 4.79 Å². The second kappa shape index (κ2) is 8.03. The van der Waals surface area contributed by atoms with Gasteiger partial charge in [-0.1, -0.05) is 0 Å². The fraction of sp³-hybridized carbons (Fsp3) is 0.435. The van der Waals surface area contributed by atoms with E-state index in [-0.39, 0.29) is 31.3 Å². The molecule has 3 aromatic heterocycles. The number of carbonyl (C=O) groups is 1. The number of rotatable bonds is 4. The Balaban J connectivity index is 1.44. The van der Waals surface area contributed by atoms with Crippen molar-refractivity contribution < 1.29 is 13.6 Å². The number of aromatic amines is 1. The molecular weight excluding hydrogens is 414 g/mol. The molecule has 7 nitrogen and oxygen atoms in total. The van der Waals surface area contributed by atoms with Crippen molar-refractivity contribution in [3.05, 3.63) is 42.2 Å². The van der Waals surface area contributed by atoms with Crippen LogP contribution in [0.2, 0.25) is 0 Å². The monoisotopic (exact) mass is 440 g/mol. The van der Waals surface area contributed by atoms with Crippen molar-refractivity contribution in [2.24, 2.45) is 0 Å². The van der Waals surface area contributed by atoms with Gasteiger partial charge in [0.15, 0.2) is 0 Å². The number of piperidine rings is 1. The first kappa shape index (κ1) is 20.7. The lowest BCUT2D eigenvalue weighted by molar-refractivity contribution is -0.129. The number of amides is 1. The van der Waals surface area contributed by atoms with Gasteiger partial charge in [-0.25, -0.2) is 18.7 Å². The van der Waals surface area contributed by atoms with E-state index in [2.05, 4.69) is 20.3 Å². The predicted molar refractivity (Wildman–Crippen MR) is 120 cm³/mol. The van der Waals surface area contributed by atoms with Crippen LogP contribution >= 0.6 is 0 Å². The molecule has 1 amide bonds. The Labute approximate surface area is 184 Å². The number of anilines is 3. The summed E-state index contributed by atoms with van der Waals surface area (Å²) in [5.74, 6) is -0.592. The summed E-state index contributed by atoms with van der Waals surface area (Å²) in [6.45, 7) is 2.95. The van der Waals surface area contributed by atoms with Crippen LogP contribution in [-0.4, -0.2) is 57.9 Å². The lowest BCUT2D eigenvalue weighted by Gasteiger charge is -2.32. The average Bonchev–Trinajstić information content (AvgIpc) is 3.39. The molecule has 0 atom stereocenters. The number of fused-ring (bicyclic) bond motifs is 1. The molecule has 5 heterocycles. The minimum atomic E-state index is -2.70. The van der Waals surface area contributed by atoms with E-state index in [1.807, 2.05) is 35.4 Å². The summed E-state index contributed by atoms with van der Waals surface area (Å²) in [4.78, 5) is 27.4. The average molecular weight is 440 g/mol. The van der Waals surface area contributed by atoms with Gasteiger partial charge in [0, 0.05) is 56.8 Å². The van der Waals surface area contributed by atoms with Crippen LogP contribution in [0.15, 0.2) is 36.7 Å². The Morgan fingerprint density at radius 3 is 2.72 bits per heavy atom. The lowest BCUT2D eigenvalue weighted by Crippen LogP contribution is -2.36. The van der Waals surface area contributed by atoms with Crippen molar-refractivity contribution in [1.82, 2.24) is 19.9 Å². The lowest BCUT2D eigenvalue weighted by atomic mass is 9.89. The summed E-state index contributed by atoms with van der Waals surface area (Å²) in [6, 6.07) is 7.76. The van der Waals surface area contributed by atoms with Crippen LogP contribution in [0.1, 0.15) is 37.7 Å². The third-order valence-electron chi connectivity index (χ3n) is 6.43. The zero-order valence-corrected chi connectivity index (χ0v) is 17.9. The molecule has 2 saturated heterocycles.